The quantitative estimate of drug-likeness (QED) is 0.703. The lowest BCUT2D eigenvalue weighted by Crippen LogP contribution is -2.33. The van der Waals surface area contributed by atoms with E-state index in [9.17, 15) is 0 Å². The fraction of sp³-hybridized carbons (Fsp3) is 0.400. The van der Waals surface area contributed by atoms with Crippen molar-refractivity contribution in [3.05, 3.63) is 29.6 Å². The molecule has 4 heteroatoms. The monoisotopic (exact) mass is 189 g/mol. The van der Waals surface area contributed by atoms with Crippen LogP contribution in [-0.2, 0) is 4.74 Å². The average molecular weight is 189 g/mol. The third-order valence-electron chi connectivity index (χ3n) is 2.25. The fourth-order valence-corrected chi connectivity index (χ4v) is 1.53. The third kappa shape index (κ3) is 1.74. The predicted octanol–water partition coefficient (Wildman–Crippen LogP) is 0.614. The highest BCUT2D eigenvalue weighted by atomic mass is 16.5. The van der Waals surface area contributed by atoms with E-state index in [1.807, 2.05) is 0 Å². The number of hydrogen-bond donors (Lipinski definition) is 1. The van der Waals surface area contributed by atoms with Crippen molar-refractivity contribution in [3.8, 4) is 6.07 Å². The van der Waals surface area contributed by atoms with Crippen LogP contribution >= 0.6 is 0 Å². The second-order valence-electron chi connectivity index (χ2n) is 3.14. The molecule has 14 heavy (non-hydrogen) atoms. The number of hydrogen-bond acceptors (Lipinski definition) is 4. The predicted molar refractivity (Wildman–Crippen MR) is 50.5 cm³/mol. The van der Waals surface area contributed by atoms with Gasteiger partial charge in [-0.25, -0.2) is 0 Å². The molecule has 1 saturated heterocycles. The maximum Gasteiger partial charge on any atom is 0.0996 e. The average Bonchev–Trinajstić information content (AvgIpc) is 2.30. The van der Waals surface area contributed by atoms with Crippen molar-refractivity contribution in [1.29, 1.82) is 5.26 Å². The highest BCUT2D eigenvalue weighted by Gasteiger charge is 2.18. The molecule has 1 aliphatic heterocycles. The molecule has 1 N–H and O–H groups in total. The molecule has 0 aliphatic carbocycles. The Morgan fingerprint density at radius 3 is 3.29 bits per heavy atom. The van der Waals surface area contributed by atoms with E-state index in [0.717, 1.165) is 18.7 Å². The molecular formula is C10H11N3O. The Balaban J connectivity index is 2.26. The van der Waals surface area contributed by atoms with Gasteiger partial charge in [-0.05, 0) is 6.07 Å². The third-order valence-corrected chi connectivity index (χ3v) is 2.25. The molecule has 1 aromatic rings. The van der Waals surface area contributed by atoms with Gasteiger partial charge in [-0.2, -0.15) is 5.26 Å². The minimum Gasteiger partial charge on any atom is -0.371 e. The molecule has 1 aromatic heterocycles. The van der Waals surface area contributed by atoms with E-state index in [2.05, 4.69) is 16.4 Å². The van der Waals surface area contributed by atoms with E-state index in [-0.39, 0.29) is 6.10 Å². The van der Waals surface area contributed by atoms with Crippen LogP contribution in [0.25, 0.3) is 0 Å². The largest absolute Gasteiger partial charge is 0.371 e. The van der Waals surface area contributed by atoms with Crippen molar-refractivity contribution in [2.24, 2.45) is 0 Å². The molecule has 0 aromatic carbocycles. The summed E-state index contributed by atoms with van der Waals surface area (Å²) in [6.07, 6.45) is 3.29. The first kappa shape index (κ1) is 9.13. The summed E-state index contributed by atoms with van der Waals surface area (Å²) in [7, 11) is 0. The summed E-state index contributed by atoms with van der Waals surface area (Å²) in [4.78, 5) is 4.01. The van der Waals surface area contributed by atoms with Crippen molar-refractivity contribution in [2.75, 3.05) is 19.7 Å². The highest BCUT2D eigenvalue weighted by Crippen LogP contribution is 2.20. The van der Waals surface area contributed by atoms with Crippen molar-refractivity contribution < 1.29 is 4.74 Å². The molecule has 2 rings (SSSR count). The maximum absolute atomic E-state index is 8.90. The number of morpholine rings is 1. The maximum atomic E-state index is 8.90. The van der Waals surface area contributed by atoms with Crippen molar-refractivity contribution in [3.63, 3.8) is 0 Å². The molecule has 1 atom stereocenters. The van der Waals surface area contributed by atoms with Crippen LogP contribution in [0.5, 0.6) is 0 Å². The highest BCUT2D eigenvalue weighted by molar-refractivity contribution is 5.36. The van der Waals surface area contributed by atoms with Crippen LogP contribution in [0, 0.1) is 11.3 Å². The van der Waals surface area contributed by atoms with Crippen molar-refractivity contribution in [1.82, 2.24) is 10.3 Å². The number of pyridine rings is 1. The zero-order valence-corrected chi connectivity index (χ0v) is 7.73. The summed E-state index contributed by atoms with van der Waals surface area (Å²) in [5, 5.41) is 12.1. The van der Waals surface area contributed by atoms with E-state index in [1.54, 1.807) is 18.5 Å². The molecule has 0 bridgehead atoms. The van der Waals surface area contributed by atoms with Crippen LogP contribution in [0.3, 0.4) is 0 Å². The Bertz CT molecular complexity index is 353. The summed E-state index contributed by atoms with van der Waals surface area (Å²) >= 11 is 0. The van der Waals surface area contributed by atoms with Gasteiger partial charge in [0.25, 0.3) is 0 Å². The van der Waals surface area contributed by atoms with Gasteiger partial charge in [0, 0.05) is 31.0 Å². The van der Waals surface area contributed by atoms with Gasteiger partial charge in [-0.3, -0.25) is 4.98 Å². The van der Waals surface area contributed by atoms with Crippen LogP contribution in [0.1, 0.15) is 17.2 Å². The van der Waals surface area contributed by atoms with Crippen LogP contribution in [-0.4, -0.2) is 24.7 Å². The number of rotatable bonds is 1. The van der Waals surface area contributed by atoms with E-state index < -0.39 is 0 Å². The normalized spacial score (nSPS) is 21.5. The Kier molecular flexibility index (Phi) is 2.73. The first-order chi connectivity index (χ1) is 6.92. The smallest absolute Gasteiger partial charge is 0.0996 e. The summed E-state index contributed by atoms with van der Waals surface area (Å²) in [5.41, 5.74) is 1.52. The van der Waals surface area contributed by atoms with Gasteiger partial charge >= 0.3 is 0 Å². The van der Waals surface area contributed by atoms with E-state index in [1.165, 1.54) is 0 Å². The molecule has 0 radical (unpaired) electrons. The number of nitrogens with zero attached hydrogens (tertiary/aromatic N) is 2. The molecule has 0 spiro atoms. The zero-order valence-electron chi connectivity index (χ0n) is 7.73. The molecule has 1 aliphatic rings. The molecule has 1 fully saturated rings. The summed E-state index contributed by atoms with van der Waals surface area (Å²) in [5.74, 6) is 0. The lowest BCUT2D eigenvalue weighted by atomic mass is 10.1. The SMILES string of the molecule is N#Cc1ccncc1C1CNCCO1. The van der Waals surface area contributed by atoms with Gasteiger partial charge in [0.1, 0.15) is 0 Å². The molecule has 0 saturated carbocycles. The Morgan fingerprint density at radius 2 is 2.57 bits per heavy atom. The molecule has 2 heterocycles. The first-order valence-electron chi connectivity index (χ1n) is 4.58. The van der Waals surface area contributed by atoms with Crippen LogP contribution in [0.15, 0.2) is 18.5 Å². The summed E-state index contributed by atoms with van der Waals surface area (Å²) in [6.45, 7) is 2.31. The Labute approximate surface area is 82.5 Å². The van der Waals surface area contributed by atoms with Crippen LogP contribution in [0.2, 0.25) is 0 Å². The number of nitrogens with one attached hydrogen (secondary N) is 1. The second-order valence-corrected chi connectivity index (χ2v) is 3.14. The number of aromatic nitrogens is 1. The standard InChI is InChI=1S/C10H11N3O/c11-5-8-1-2-12-6-9(8)10-7-13-3-4-14-10/h1-2,6,10,13H,3-4,7H2. The topological polar surface area (TPSA) is 57.9 Å². The lowest BCUT2D eigenvalue weighted by Gasteiger charge is -2.24. The molecule has 4 nitrogen and oxygen atoms in total. The molecule has 0 amide bonds. The first-order valence-corrected chi connectivity index (χ1v) is 4.58. The van der Waals surface area contributed by atoms with Crippen LogP contribution in [0.4, 0.5) is 0 Å². The minimum absolute atomic E-state index is 0.0351. The zero-order chi connectivity index (χ0) is 9.80. The Morgan fingerprint density at radius 1 is 1.64 bits per heavy atom. The van der Waals surface area contributed by atoms with Gasteiger partial charge in [0.15, 0.2) is 0 Å². The summed E-state index contributed by atoms with van der Waals surface area (Å²) < 4.78 is 5.55. The summed E-state index contributed by atoms with van der Waals surface area (Å²) in [6, 6.07) is 3.86. The van der Waals surface area contributed by atoms with E-state index in [4.69, 9.17) is 10.00 Å². The van der Waals surface area contributed by atoms with Gasteiger partial charge in [-0.1, -0.05) is 0 Å². The van der Waals surface area contributed by atoms with E-state index in [0.29, 0.717) is 12.2 Å². The van der Waals surface area contributed by atoms with E-state index >= 15 is 0 Å². The van der Waals surface area contributed by atoms with Gasteiger partial charge in [-0.15, -0.1) is 0 Å². The van der Waals surface area contributed by atoms with Crippen molar-refractivity contribution >= 4 is 0 Å². The fourth-order valence-electron chi connectivity index (χ4n) is 1.53. The second kappa shape index (κ2) is 4.18. The van der Waals surface area contributed by atoms with Gasteiger partial charge in [0.05, 0.1) is 24.3 Å². The van der Waals surface area contributed by atoms with Gasteiger partial charge in [0.2, 0.25) is 0 Å². The number of nitriles is 1. The lowest BCUT2D eigenvalue weighted by molar-refractivity contribution is 0.0273. The van der Waals surface area contributed by atoms with Crippen LogP contribution < -0.4 is 5.32 Å². The molecular weight excluding hydrogens is 178 g/mol. The molecule has 72 valence electrons. The number of ether oxygens (including phenoxy) is 1. The van der Waals surface area contributed by atoms with Crippen molar-refractivity contribution in [2.45, 2.75) is 6.10 Å². The Hall–Kier alpha value is -1.44. The molecule has 1 unspecified atom stereocenters. The minimum atomic E-state index is -0.0351. The van der Waals surface area contributed by atoms with Gasteiger partial charge < -0.3 is 10.1 Å².